The van der Waals surface area contributed by atoms with E-state index in [1.165, 1.54) is 11.1 Å². The van der Waals surface area contributed by atoms with Crippen LogP contribution < -0.4 is 11.1 Å². The molecule has 1 aromatic rings. The van der Waals surface area contributed by atoms with Gasteiger partial charge in [0.15, 0.2) is 0 Å². The zero-order chi connectivity index (χ0) is 14.5. The fourth-order valence-corrected chi connectivity index (χ4v) is 2.90. The number of amides is 1. The van der Waals surface area contributed by atoms with Crippen molar-refractivity contribution >= 4 is 5.91 Å². The average Bonchev–Trinajstić information content (AvgIpc) is 2.81. The Hall–Kier alpha value is -1.35. The third kappa shape index (κ3) is 3.83. The van der Waals surface area contributed by atoms with Gasteiger partial charge < -0.3 is 11.1 Å². The Kier molecular flexibility index (Phi) is 5.18. The third-order valence-corrected chi connectivity index (χ3v) is 4.19. The fourth-order valence-electron chi connectivity index (χ4n) is 2.90. The summed E-state index contributed by atoms with van der Waals surface area (Å²) in [5.41, 5.74) is 8.41. The monoisotopic (exact) mass is 274 g/mol. The van der Waals surface area contributed by atoms with Crippen molar-refractivity contribution in [3.63, 3.8) is 0 Å². The molecule has 110 valence electrons. The minimum absolute atomic E-state index is 0.0708. The van der Waals surface area contributed by atoms with Crippen LogP contribution in [0.5, 0.6) is 0 Å². The van der Waals surface area contributed by atoms with Gasteiger partial charge in [0.25, 0.3) is 0 Å². The number of nitrogens with two attached hydrogens (primary N) is 1. The molecule has 1 aliphatic rings. The summed E-state index contributed by atoms with van der Waals surface area (Å²) in [5, 5.41) is 3.20. The van der Waals surface area contributed by atoms with Gasteiger partial charge in [-0.3, -0.25) is 4.79 Å². The van der Waals surface area contributed by atoms with E-state index < -0.39 is 0 Å². The second-order valence-corrected chi connectivity index (χ2v) is 6.11. The normalized spacial score (nSPS) is 20.2. The zero-order valence-electron chi connectivity index (χ0n) is 12.6. The summed E-state index contributed by atoms with van der Waals surface area (Å²) in [6.07, 6.45) is 5.02. The molecule has 0 saturated carbocycles. The molecule has 0 saturated heterocycles. The molecule has 0 aliphatic heterocycles. The van der Waals surface area contributed by atoms with Crippen molar-refractivity contribution in [2.24, 2.45) is 11.7 Å². The van der Waals surface area contributed by atoms with Gasteiger partial charge in [-0.2, -0.15) is 0 Å². The lowest BCUT2D eigenvalue weighted by Gasteiger charge is -2.18. The number of rotatable bonds is 6. The zero-order valence-corrected chi connectivity index (χ0v) is 12.6. The smallest absolute Gasteiger partial charge is 0.223 e. The van der Waals surface area contributed by atoms with Crippen LogP contribution in [-0.4, -0.2) is 11.9 Å². The van der Waals surface area contributed by atoms with Gasteiger partial charge in [0.2, 0.25) is 5.91 Å². The maximum absolute atomic E-state index is 12.2. The van der Waals surface area contributed by atoms with Crippen LogP contribution in [-0.2, 0) is 11.2 Å². The van der Waals surface area contributed by atoms with E-state index in [1.807, 2.05) is 13.8 Å². The van der Waals surface area contributed by atoms with Gasteiger partial charge in [0.1, 0.15) is 0 Å². The molecule has 1 aliphatic carbocycles. The van der Waals surface area contributed by atoms with Crippen LogP contribution in [0, 0.1) is 5.92 Å². The van der Waals surface area contributed by atoms with E-state index in [9.17, 15) is 4.79 Å². The molecule has 3 atom stereocenters. The Morgan fingerprint density at radius 3 is 2.85 bits per heavy atom. The Balaban J connectivity index is 1.83. The molecule has 0 bridgehead atoms. The first-order chi connectivity index (χ1) is 9.58. The summed E-state index contributed by atoms with van der Waals surface area (Å²) in [6, 6.07) is 8.85. The number of fused-ring (bicyclic) bond motifs is 1. The van der Waals surface area contributed by atoms with Crippen molar-refractivity contribution < 1.29 is 4.79 Å². The molecule has 3 heteroatoms. The SMILES string of the molecule is CC(N)CCCC(C)C(=O)NC1CCc2ccccc21. The highest BCUT2D eigenvalue weighted by Gasteiger charge is 2.24. The lowest BCUT2D eigenvalue weighted by molar-refractivity contribution is -0.125. The van der Waals surface area contributed by atoms with Crippen molar-refractivity contribution in [1.82, 2.24) is 5.32 Å². The lowest BCUT2D eigenvalue weighted by Crippen LogP contribution is -2.32. The molecule has 0 fully saturated rings. The predicted octanol–water partition coefficient (Wildman–Crippen LogP) is 2.94. The Labute approximate surface area is 121 Å². The molecule has 3 N–H and O–H groups in total. The van der Waals surface area contributed by atoms with Crippen LogP contribution in [0.2, 0.25) is 0 Å². The van der Waals surface area contributed by atoms with Crippen LogP contribution in [0.25, 0.3) is 0 Å². The summed E-state index contributed by atoms with van der Waals surface area (Å²) in [6.45, 7) is 4.03. The number of carbonyl (C=O) groups excluding carboxylic acids is 1. The first kappa shape index (κ1) is 15.0. The number of hydrogen-bond acceptors (Lipinski definition) is 2. The molecule has 0 spiro atoms. The quantitative estimate of drug-likeness (QED) is 0.838. The molecular formula is C17H26N2O. The van der Waals surface area contributed by atoms with Gasteiger partial charge in [-0.15, -0.1) is 0 Å². The van der Waals surface area contributed by atoms with Crippen molar-refractivity contribution in [3.8, 4) is 0 Å². The molecule has 3 unspecified atom stereocenters. The van der Waals surface area contributed by atoms with Crippen LogP contribution >= 0.6 is 0 Å². The molecule has 0 heterocycles. The van der Waals surface area contributed by atoms with Crippen LogP contribution in [0.15, 0.2) is 24.3 Å². The molecule has 0 aromatic heterocycles. The summed E-state index contributed by atoms with van der Waals surface area (Å²) in [7, 11) is 0. The van der Waals surface area contributed by atoms with Crippen LogP contribution in [0.1, 0.15) is 56.7 Å². The van der Waals surface area contributed by atoms with Crippen molar-refractivity contribution in [3.05, 3.63) is 35.4 Å². The molecule has 2 rings (SSSR count). The Morgan fingerprint density at radius 2 is 2.10 bits per heavy atom. The summed E-state index contributed by atoms with van der Waals surface area (Å²) < 4.78 is 0. The van der Waals surface area contributed by atoms with E-state index in [0.717, 1.165) is 32.1 Å². The Bertz CT molecular complexity index is 456. The van der Waals surface area contributed by atoms with Crippen molar-refractivity contribution in [2.45, 2.75) is 58.0 Å². The molecular weight excluding hydrogens is 248 g/mol. The number of hydrogen-bond donors (Lipinski definition) is 2. The number of nitrogens with one attached hydrogen (secondary N) is 1. The van der Waals surface area contributed by atoms with E-state index in [-0.39, 0.29) is 23.9 Å². The largest absolute Gasteiger partial charge is 0.349 e. The molecule has 0 radical (unpaired) electrons. The van der Waals surface area contributed by atoms with Gasteiger partial charge in [-0.1, -0.05) is 37.6 Å². The third-order valence-electron chi connectivity index (χ3n) is 4.19. The second kappa shape index (κ2) is 6.89. The molecule has 3 nitrogen and oxygen atoms in total. The molecule has 20 heavy (non-hydrogen) atoms. The van der Waals surface area contributed by atoms with Crippen LogP contribution in [0.4, 0.5) is 0 Å². The van der Waals surface area contributed by atoms with E-state index in [0.29, 0.717) is 0 Å². The number of aryl methyl sites for hydroxylation is 1. The highest BCUT2D eigenvalue weighted by Crippen LogP contribution is 2.31. The Morgan fingerprint density at radius 1 is 1.35 bits per heavy atom. The molecule has 1 aromatic carbocycles. The average molecular weight is 274 g/mol. The first-order valence-corrected chi connectivity index (χ1v) is 7.71. The maximum atomic E-state index is 12.2. The van der Waals surface area contributed by atoms with Gasteiger partial charge in [-0.25, -0.2) is 0 Å². The summed E-state index contributed by atoms with van der Waals surface area (Å²) in [4.78, 5) is 12.2. The van der Waals surface area contributed by atoms with E-state index in [2.05, 4.69) is 29.6 Å². The van der Waals surface area contributed by atoms with Gasteiger partial charge >= 0.3 is 0 Å². The van der Waals surface area contributed by atoms with E-state index in [4.69, 9.17) is 5.73 Å². The van der Waals surface area contributed by atoms with Crippen molar-refractivity contribution in [2.75, 3.05) is 0 Å². The van der Waals surface area contributed by atoms with Crippen molar-refractivity contribution in [1.29, 1.82) is 0 Å². The van der Waals surface area contributed by atoms with Gasteiger partial charge in [0.05, 0.1) is 6.04 Å². The minimum atomic E-state index is 0.0708. The first-order valence-electron chi connectivity index (χ1n) is 7.71. The summed E-state index contributed by atoms with van der Waals surface area (Å²) in [5.74, 6) is 0.248. The predicted molar refractivity (Wildman–Crippen MR) is 82.3 cm³/mol. The summed E-state index contributed by atoms with van der Waals surface area (Å²) >= 11 is 0. The number of benzene rings is 1. The minimum Gasteiger partial charge on any atom is -0.349 e. The number of carbonyl (C=O) groups is 1. The van der Waals surface area contributed by atoms with E-state index in [1.54, 1.807) is 0 Å². The van der Waals surface area contributed by atoms with Gasteiger partial charge in [0, 0.05) is 12.0 Å². The highest BCUT2D eigenvalue weighted by molar-refractivity contribution is 5.78. The van der Waals surface area contributed by atoms with Crippen LogP contribution in [0.3, 0.4) is 0 Å². The second-order valence-electron chi connectivity index (χ2n) is 6.11. The van der Waals surface area contributed by atoms with Gasteiger partial charge in [-0.05, 0) is 43.7 Å². The van der Waals surface area contributed by atoms with E-state index >= 15 is 0 Å². The topological polar surface area (TPSA) is 55.1 Å². The fraction of sp³-hybridized carbons (Fsp3) is 0.588. The lowest BCUT2D eigenvalue weighted by atomic mass is 10.0. The standard InChI is InChI=1S/C17H26N2O/c1-12(6-5-7-13(2)18)17(20)19-16-11-10-14-8-3-4-9-15(14)16/h3-4,8-9,12-13,16H,5-7,10-11,18H2,1-2H3,(H,19,20). The highest BCUT2D eigenvalue weighted by atomic mass is 16.1. The molecule has 1 amide bonds. The maximum Gasteiger partial charge on any atom is 0.223 e.